The van der Waals surface area contributed by atoms with Crippen LogP contribution in [0.5, 0.6) is 0 Å². The molecule has 0 aliphatic carbocycles. The average molecular weight is 409 g/mol. The standard InChI is InChI=1S/C18H32N4O2.2ClH/c1-12-13(2)24-15(21-12)11-22-8-6-14(7-9-22)10-20-17(23)16(19)18(3,4)5;;/h14,16H,6-11,19H2,1-5H3,(H,20,23);2*1H/t16-;;/m1../s1. The summed E-state index contributed by atoms with van der Waals surface area (Å²) in [5, 5.41) is 3.02. The van der Waals surface area contributed by atoms with E-state index in [-0.39, 0.29) is 36.1 Å². The van der Waals surface area contributed by atoms with Gasteiger partial charge in [0.05, 0.1) is 18.3 Å². The predicted octanol–water partition coefficient (Wildman–Crippen LogP) is 2.84. The Kier molecular flexibility index (Phi) is 10.2. The number of rotatable bonds is 5. The van der Waals surface area contributed by atoms with Crippen molar-refractivity contribution in [3.8, 4) is 0 Å². The lowest BCUT2D eigenvalue weighted by Crippen LogP contribution is -2.50. The lowest BCUT2D eigenvalue weighted by Gasteiger charge is -2.32. The summed E-state index contributed by atoms with van der Waals surface area (Å²) in [5.41, 5.74) is 6.76. The van der Waals surface area contributed by atoms with Gasteiger partial charge in [-0.05, 0) is 51.1 Å². The van der Waals surface area contributed by atoms with Crippen molar-refractivity contribution in [3.63, 3.8) is 0 Å². The topological polar surface area (TPSA) is 84.4 Å². The summed E-state index contributed by atoms with van der Waals surface area (Å²) in [6.45, 7) is 13.4. The van der Waals surface area contributed by atoms with Crippen LogP contribution in [0.1, 0.15) is 51.0 Å². The molecule has 1 aromatic heterocycles. The van der Waals surface area contributed by atoms with E-state index in [2.05, 4.69) is 15.2 Å². The molecule has 1 fully saturated rings. The van der Waals surface area contributed by atoms with E-state index < -0.39 is 6.04 Å². The molecule has 1 aromatic rings. The van der Waals surface area contributed by atoms with E-state index in [9.17, 15) is 4.79 Å². The molecule has 3 N–H and O–H groups in total. The number of hydrogen-bond donors (Lipinski definition) is 2. The summed E-state index contributed by atoms with van der Waals surface area (Å²) >= 11 is 0. The number of carbonyl (C=O) groups excluding carboxylic acids is 1. The van der Waals surface area contributed by atoms with Crippen molar-refractivity contribution in [1.29, 1.82) is 0 Å². The molecule has 1 aliphatic rings. The zero-order valence-corrected chi connectivity index (χ0v) is 18.1. The minimum absolute atomic E-state index is 0. The number of nitrogens with two attached hydrogens (primary N) is 1. The second kappa shape index (κ2) is 10.5. The van der Waals surface area contributed by atoms with Crippen LogP contribution in [-0.2, 0) is 11.3 Å². The van der Waals surface area contributed by atoms with Crippen molar-refractivity contribution in [2.75, 3.05) is 19.6 Å². The third-order valence-corrected chi connectivity index (χ3v) is 4.92. The summed E-state index contributed by atoms with van der Waals surface area (Å²) in [6.07, 6.45) is 2.15. The fourth-order valence-corrected chi connectivity index (χ4v) is 2.89. The Morgan fingerprint density at radius 1 is 1.31 bits per heavy atom. The van der Waals surface area contributed by atoms with Crippen LogP contribution in [0.3, 0.4) is 0 Å². The normalized spacial score (nSPS) is 17.2. The Balaban J connectivity index is 0.00000312. The molecule has 1 aliphatic heterocycles. The zero-order chi connectivity index (χ0) is 17.9. The molecule has 0 spiro atoms. The number of nitrogens with zero attached hydrogens (tertiary/aromatic N) is 2. The van der Waals surface area contributed by atoms with Gasteiger partial charge >= 0.3 is 0 Å². The van der Waals surface area contributed by atoms with Crippen molar-refractivity contribution in [3.05, 3.63) is 17.3 Å². The van der Waals surface area contributed by atoms with E-state index in [1.54, 1.807) is 0 Å². The maximum absolute atomic E-state index is 12.1. The van der Waals surface area contributed by atoms with E-state index in [0.29, 0.717) is 12.5 Å². The minimum Gasteiger partial charge on any atom is -0.444 e. The summed E-state index contributed by atoms with van der Waals surface area (Å²) in [5.74, 6) is 2.17. The van der Waals surface area contributed by atoms with E-state index >= 15 is 0 Å². The first-order chi connectivity index (χ1) is 11.2. The van der Waals surface area contributed by atoms with E-state index in [1.165, 1.54) is 0 Å². The number of oxazole rings is 1. The second-order valence-electron chi connectivity index (χ2n) is 8.06. The van der Waals surface area contributed by atoms with E-state index in [1.807, 2.05) is 34.6 Å². The largest absolute Gasteiger partial charge is 0.444 e. The fourth-order valence-electron chi connectivity index (χ4n) is 2.89. The van der Waals surface area contributed by atoms with Crippen LogP contribution in [-0.4, -0.2) is 41.5 Å². The maximum atomic E-state index is 12.1. The Morgan fingerprint density at radius 3 is 2.35 bits per heavy atom. The quantitative estimate of drug-likeness (QED) is 0.781. The number of piperidine rings is 1. The molecule has 2 rings (SSSR count). The molecule has 1 amide bonds. The summed E-state index contributed by atoms with van der Waals surface area (Å²) in [4.78, 5) is 18.9. The molecule has 6 nitrogen and oxygen atoms in total. The van der Waals surface area contributed by atoms with Gasteiger partial charge in [-0.1, -0.05) is 20.8 Å². The highest BCUT2D eigenvalue weighted by Gasteiger charge is 2.28. The van der Waals surface area contributed by atoms with Gasteiger partial charge in [-0.3, -0.25) is 9.69 Å². The number of nitrogens with one attached hydrogen (secondary N) is 1. The van der Waals surface area contributed by atoms with Crippen LogP contribution in [0.4, 0.5) is 0 Å². The first-order valence-corrected chi connectivity index (χ1v) is 8.85. The summed E-state index contributed by atoms with van der Waals surface area (Å²) in [6, 6.07) is -0.464. The molecule has 8 heteroatoms. The Hall–Kier alpha value is -0.820. The molecule has 0 saturated carbocycles. The van der Waals surface area contributed by atoms with Gasteiger partial charge in [-0.15, -0.1) is 24.8 Å². The molecule has 0 bridgehead atoms. The number of aryl methyl sites for hydroxylation is 2. The molecule has 0 radical (unpaired) electrons. The fraction of sp³-hybridized carbons (Fsp3) is 0.778. The van der Waals surface area contributed by atoms with Gasteiger partial charge in [-0.25, -0.2) is 4.98 Å². The van der Waals surface area contributed by atoms with Crippen molar-refractivity contribution >= 4 is 30.7 Å². The monoisotopic (exact) mass is 408 g/mol. The van der Waals surface area contributed by atoms with Gasteiger partial charge in [0.2, 0.25) is 11.8 Å². The molecule has 0 unspecified atom stereocenters. The average Bonchev–Trinajstić information content (AvgIpc) is 2.82. The van der Waals surface area contributed by atoms with Gasteiger partial charge in [0.15, 0.2) is 0 Å². The van der Waals surface area contributed by atoms with Crippen molar-refractivity contribution < 1.29 is 9.21 Å². The highest BCUT2D eigenvalue weighted by Crippen LogP contribution is 2.20. The minimum atomic E-state index is -0.464. The summed E-state index contributed by atoms with van der Waals surface area (Å²) in [7, 11) is 0. The number of likely N-dealkylation sites (tertiary alicyclic amines) is 1. The number of aromatic nitrogens is 1. The number of halogens is 2. The van der Waals surface area contributed by atoms with Gasteiger partial charge in [0, 0.05) is 6.54 Å². The number of amides is 1. The van der Waals surface area contributed by atoms with Crippen LogP contribution in [0, 0.1) is 25.2 Å². The third kappa shape index (κ3) is 7.06. The smallest absolute Gasteiger partial charge is 0.237 e. The predicted molar refractivity (Wildman–Crippen MR) is 109 cm³/mol. The molecule has 1 saturated heterocycles. The van der Waals surface area contributed by atoms with Gasteiger partial charge in [-0.2, -0.15) is 0 Å². The first-order valence-electron chi connectivity index (χ1n) is 8.85. The Labute approximate surface area is 169 Å². The molecule has 1 atom stereocenters. The van der Waals surface area contributed by atoms with Crippen molar-refractivity contribution in [2.45, 2.75) is 60.0 Å². The van der Waals surface area contributed by atoms with Crippen LogP contribution in [0.25, 0.3) is 0 Å². The Bertz CT molecular complexity index is 545. The second-order valence-corrected chi connectivity index (χ2v) is 8.06. The highest BCUT2D eigenvalue weighted by molar-refractivity contribution is 5.85. The van der Waals surface area contributed by atoms with Gasteiger partial charge in [0.1, 0.15) is 5.76 Å². The summed E-state index contributed by atoms with van der Waals surface area (Å²) < 4.78 is 5.66. The maximum Gasteiger partial charge on any atom is 0.237 e. The van der Waals surface area contributed by atoms with Crippen molar-refractivity contribution in [2.24, 2.45) is 17.1 Å². The number of hydrogen-bond acceptors (Lipinski definition) is 5. The third-order valence-electron chi connectivity index (χ3n) is 4.92. The molecule has 26 heavy (non-hydrogen) atoms. The molecule has 2 heterocycles. The number of carbonyl (C=O) groups is 1. The molecule has 152 valence electrons. The Morgan fingerprint density at radius 2 is 1.88 bits per heavy atom. The first kappa shape index (κ1) is 25.2. The van der Waals surface area contributed by atoms with Crippen LogP contribution in [0.2, 0.25) is 0 Å². The van der Waals surface area contributed by atoms with Crippen LogP contribution < -0.4 is 11.1 Å². The molecular weight excluding hydrogens is 375 g/mol. The van der Waals surface area contributed by atoms with Gasteiger partial charge in [0.25, 0.3) is 0 Å². The SMILES string of the molecule is Cc1nc(CN2CCC(CNC(=O)[C@@H](N)C(C)(C)C)CC2)oc1C.Cl.Cl. The van der Waals surface area contributed by atoms with E-state index in [4.69, 9.17) is 10.2 Å². The molecule has 0 aromatic carbocycles. The lowest BCUT2D eigenvalue weighted by molar-refractivity contribution is -0.124. The zero-order valence-electron chi connectivity index (χ0n) is 16.5. The van der Waals surface area contributed by atoms with Crippen LogP contribution in [0.15, 0.2) is 4.42 Å². The highest BCUT2D eigenvalue weighted by atomic mass is 35.5. The van der Waals surface area contributed by atoms with Gasteiger partial charge < -0.3 is 15.5 Å². The van der Waals surface area contributed by atoms with Crippen LogP contribution >= 0.6 is 24.8 Å². The van der Waals surface area contributed by atoms with Crippen molar-refractivity contribution in [1.82, 2.24) is 15.2 Å². The van der Waals surface area contributed by atoms with E-state index in [0.717, 1.165) is 49.8 Å². The molecular formula is C18H34Cl2N4O2. The lowest BCUT2D eigenvalue weighted by atomic mass is 9.86.